The predicted octanol–water partition coefficient (Wildman–Crippen LogP) is 2.38. The van der Waals surface area contributed by atoms with Crippen LogP contribution in [0.2, 0.25) is 5.02 Å². The molecule has 132 valence electrons. The number of hydrogen-bond acceptors (Lipinski definition) is 4. The molecule has 1 fully saturated rings. The Balaban J connectivity index is 1.63. The van der Waals surface area contributed by atoms with Crippen LogP contribution in [0.3, 0.4) is 0 Å². The Hall–Kier alpha value is -2.13. The van der Waals surface area contributed by atoms with Crippen LogP contribution in [-0.2, 0) is 6.42 Å². The van der Waals surface area contributed by atoms with Crippen LogP contribution in [0.25, 0.3) is 5.82 Å². The molecule has 6 nitrogen and oxygen atoms in total. The van der Waals surface area contributed by atoms with Crippen LogP contribution in [0.4, 0.5) is 13.2 Å². The molecule has 10 heteroatoms. The number of fused-ring (bicyclic) bond motifs is 3. The molecular weight excluding hydrogens is 359 g/mol. The predicted molar refractivity (Wildman–Crippen MR) is 82.4 cm³/mol. The molecule has 0 spiro atoms. The van der Waals surface area contributed by atoms with E-state index < -0.39 is 18.6 Å². The van der Waals surface area contributed by atoms with E-state index in [0.717, 1.165) is 17.7 Å². The molecule has 2 atom stereocenters. The van der Waals surface area contributed by atoms with Crippen molar-refractivity contribution in [3.05, 3.63) is 40.3 Å². The second kappa shape index (κ2) is 5.70. The molecular formula is C15H13ClF3N5O. The number of carbonyl (C=O) groups is 1. The highest BCUT2D eigenvalue weighted by molar-refractivity contribution is 6.30. The number of pyridine rings is 1. The van der Waals surface area contributed by atoms with Crippen molar-refractivity contribution in [1.29, 1.82) is 0 Å². The molecule has 1 amide bonds. The molecule has 4 rings (SSSR count). The molecule has 0 radical (unpaired) electrons. The van der Waals surface area contributed by atoms with Crippen LogP contribution >= 0.6 is 11.6 Å². The number of carbonyl (C=O) groups excluding carboxylic acids is 1. The van der Waals surface area contributed by atoms with Crippen molar-refractivity contribution >= 4 is 17.5 Å². The van der Waals surface area contributed by atoms with Crippen molar-refractivity contribution in [2.75, 3.05) is 6.54 Å². The standard InChI is InChI=1S/C15H13ClF3N5O/c16-8-1-2-20-11(5-8)24-13-9-3-7(9)4-10(13)12(23-24)14(25)22-21-6-15(17,18)19/h1-2,5,7,9,21H,3-4,6H2,(H,22,25)/t7-,9-/m0/s1. The van der Waals surface area contributed by atoms with Crippen LogP contribution in [0.15, 0.2) is 18.3 Å². The number of nitrogens with one attached hydrogen (secondary N) is 2. The summed E-state index contributed by atoms with van der Waals surface area (Å²) < 4.78 is 38.2. The molecule has 2 aromatic heterocycles. The molecule has 2 heterocycles. The average Bonchev–Trinajstić information content (AvgIpc) is 3.02. The summed E-state index contributed by atoms with van der Waals surface area (Å²) in [6, 6.07) is 3.26. The van der Waals surface area contributed by atoms with Crippen LogP contribution in [0.1, 0.15) is 34.1 Å². The molecule has 0 saturated heterocycles. The molecule has 25 heavy (non-hydrogen) atoms. The maximum atomic E-state index is 12.3. The van der Waals surface area contributed by atoms with E-state index in [-0.39, 0.29) is 5.69 Å². The lowest BCUT2D eigenvalue weighted by molar-refractivity contribution is -0.126. The van der Waals surface area contributed by atoms with Crippen LogP contribution in [-0.4, -0.2) is 33.4 Å². The van der Waals surface area contributed by atoms with Gasteiger partial charge in [0.15, 0.2) is 11.5 Å². The quantitative estimate of drug-likeness (QED) is 0.809. The molecule has 2 aromatic rings. The summed E-state index contributed by atoms with van der Waals surface area (Å²) in [5, 5.41) is 4.78. The van der Waals surface area contributed by atoms with Crippen LogP contribution in [0, 0.1) is 5.92 Å². The molecule has 0 bridgehead atoms. The third kappa shape index (κ3) is 3.09. The second-order valence-electron chi connectivity index (χ2n) is 6.19. The fraction of sp³-hybridized carbons (Fsp3) is 0.400. The molecule has 2 aliphatic rings. The molecule has 1 saturated carbocycles. The van der Waals surface area contributed by atoms with Gasteiger partial charge in [-0.1, -0.05) is 11.6 Å². The summed E-state index contributed by atoms with van der Waals surface area (Å²) in [5.74, 6) is 0.572. The Labute approximate surface area is 145 Å². The molecule has 0 aliphatic heterocycles. The van der Waals surface area contributed by atoms with Gasteiger partial charge >= 0.3 is 6.18 Å². The Bertz CT molecular complexity index is 850. The van der Waals surface area contributed by atoms with Crippen LogP contribution < -0.4 is 10.9 Å². The van der Waals surface area contributed by atoms with Gasteiger partial charge in [0.05, 0.1) is 5.69 Å². The van der Waals surface area contributed by atoms with Gasteiger partial charge in [-0.15, -0.1) is 0 Å². The fourth-order valence-electron chi connectivity index (χ4n) is 3.27. The van der Waals surface area contributed by atoms with Gasteiger partial charge in [-0.2, -0.15) is 18.3 Å². The monoisotopic (exact) mass is 371 g/mol. The SMILES string of the molecule is O=C(NNCC(F)(F)F)c1nn(-c2cc(Cl)ccn2)c2c1C[C@@H]1C[C@H]21. The first-order chi connectivity index (χ1) is 11.8. The van der Waals surface area contributed by atoms with Gasteiger partial charge < -0.3 is 0 Å². The Morgan fingerprint density at radius 2 is 2.24 bits per heavy atom. The second-order valence-corrected chi connectivity index (χ2v) is 6.62. The smallest absolute Gasteiger partial charge is 0.286 e. The Kier molecular flexibility index (Phi) is 3.73. The van der Waals surface area contributed by atoms with Gasteiger partial charge in [-0.05, 0) is 24.8 Å². The van der Waals surface area contributed by atoms with Gasteiger partial charge in [-0.25, -0.2) is 15.1 Å². The topological polar surface area (TPSA) is 71.8 Å². The first-order valence-corrected chi connectivity index (χ1v) is 8.05. The van der Waals surface area contributed by atoms with Gasteiger partial charge in [0, 0.05) is 28.8 Å². The van der Waals surface area contributed by atoms with Gasteiger partial charge in [0.1, 0.15) is 6.54 Å². The first-order valence-electron chi connectivity index (χ1n) is 7.67. The Morgan fingerprint density at radius 3 is 2.96 bits per heavy atom. The number of halogens is 4. The van der Waals surface area contributed by atoms with E-state index in [4.69, 9.17) is 11.6 Å². The zero-order chi connectivity index (χ0) is 17.8. The third-order valence-corrected chi connectivity index (χ3v) is 4.63. The van der Waals surface area contributed by atoms with E-state index in [1.807, 2.05) is 5.43 Å². The normalized spacial score (nSPS) is 21.0. The molecule has 0 aromatic carbocycles. The lowest BCUT2D eigenvalue weighted by Crippen LogP contribution is -2.43. The number of nitrogens with zero attached hydrogens (tertiary/aromatic N) is 3. The lowest BCUT2D eigenvalue weighted by atomic mass is 10.1. The number of hydrazine groups is 1. The van der Waals surface area contributed by atoms with E-state index in [2.05, 4.69) is 15.5 Å². The molecule has 2 N–H and O–H groups in total. The summed E-state index contributed by atoms with van der Waals surface area (Å²) in [6.45, 7) is -1.32. The van der Waals surface area contributed by atoms with E-state index in [9.17, 15) is 18.0 Å². The number of amides is 1. The maximum absolute atomic E-state index is 12.3. The summed E-state index contributed by atoms with van der Waals surface area (Å²) in [6.07, 6.45) is -1.16. The third-order valence-electron chi connectivity index (χ3n) is 4.39. The van der Waals surface area contributed by atoms with Crippen molar-refractivity contribution in [3.8, 4) is 5.82 Å². The van der Waals surface area contributed by atoms with Crippen LogP contribution in [0.5, 0.6) is 0 Å². The van der Waals surface area contributed by atoms with E-state index in [0.29, 0.717) is 29.1 Å². The van der Waals surface area contributed by atoms with E-state index in [1.54, 1.807) is 16.8 Å². The van der Waals surface area contributed by atoms with Crippen molar-refractivity contribution in [1.82, 2.24) is 25.6 Å². The van der Waals surface area contributed by atoms with Crippen molar-refractivity contribution in [2.45, 2.75) is 24.9 Å². The number of aromatic nitrogens is 3. The largest absolute Gasteiger partial charge is 0.402 e. The zero-order valence-electron chi connectivity index (χ0n) is 12.8. The highest BCUT2D eigenvalue weighted by Crippen LogP contribution is 2.57. The first kappa shape index (κ1) is 16.3. The highest BCUT2D eigenvalue weighted by Gasteiger charge is 2.50. The van der Waals surface area contributed by atoms with Crippen molar-refractivity contribution in [3.63, 3.8) is 0 Å². The minimum Gasteiger partial charge on any atom is -0.286 e. The molecule has 0 unspecified atom stereocenters. The van der Waals surface area contributed by atoms with Gasteiger partial charge in [-0.3, -0.25) is 10.2 Å². The number of alkyl halides is 3. The summed E-state index contributed by atoms with van der Waals surface area (Å²) in [7, 11) is 0. The zero-order valence-corrected chi connectivity index (χ0v) is 13.5. The Morgan fingerprint density at radius 1 is 1.44 bits per heavy atom. The fourth-order valence-corrected chi connectivity index (χ4v) is 3.42. The van der Waals surface area contributed by atoms with E-state index >= 15 is 0 Å². The molecule has 2 aliphatic carbocycles. The minimum absolute atomic E-state index is 0.124. The number of rotatable bonds is 4. The van der Waals surface area contributed by atoms with E-state index in [1.165, 1.54) is 6.20 Å². The van der Waals surface area contributed by atoms with Crippen molar-refractivity contribution in [2.24, 2.45) is 5.92 Å². The number of hydrogen-bond donors (Lipinski definition) is 2. The van der Waals surface area contributed by atoms with Gasteiger partial charge in [0.25, 0.3) is 5.91 Å². The summed E-state index contributed by atoms with van der Waals surface area (Å²) >= 11 is 6.00. The van der Waals surface area contributed by atoms with Crippen molar-refractivity contribution < 1.29 is 18.0 Å². The van der Waals surface area contributed by atoms with Gasteiger partial charge in [0.2, 0.25) is 0 Å². The maximum Gasteiger partial charge on any atom is 0.402 e. The average molecular weight is 372 g/mol. The summed E-state index contributed by atoms with van der Waals surface area (Å²) in [4.78, 5) is 16.5. The lowest BCUT2D eigenvalue weighted by Gasteiger charge is -2.09. The minimum atomic E-state index is -4.42. The highest BCUT2D eigenvalue weighted by atomic mass is 35.5. The summed E-state index contributed by atoms with van der Waals surface area (Å²) in [5.41, 5.74) is 5.74.